The van der Waals surface area contributed by atoms with Gasteiger partial charge in [0.05, 0.1) is 0 Å². The number of amides is 2. The number of hydrazine groups is 1. The third-order valence-corrected chi connectivity index (χ3v) is 2.65. The maximum absolute atomic E-state index is 11.5. The van der Waals surface area contributed by atoms with Gasteiger partial charge in [0.1, 0.15) is 0 Å². The van der Waals surface area contributed by atoms with Crippen molar-refractivity contribution in [3.63, 3.8) is 0 Å². The lowest BCUT2D eigenvalue weighted by Crippen LogP contribution is -2.46. The van der Waals surface area contributed by atoms with Crippen LogP contribution in [0.4, 0.5) is 0 Å². The average molecular weight is 228 g/mol. The summed E-state index contributed by atoms with van der Waals surface area (Å²) >= 11 is 0. The Kier molecular flexibility index (Phi) is 7.60. The first-order valence-electron chi connectivity index (χ1n) is 6.12. The fourth-order valence-corrected chi connectivity index (χ4v) is 1.50. The molecule has 0 saturated carbocycles. The molecule has 0 aliphatic carbocycles. The van der Waals surface area contributed by atoms with E-state index in [4.69, 9.17) is 0 Å². The molecule has 16 heavy (non-hydrogen) atoms. The van der Waals surface area contributed by atoms with Crippen LogP contribution in [0.3, 0.4) is 0 Å². The average Bonchev–Trinajstić information content (AvgIpc) is 2.25. The summed E-state index contributed by atoms with van der Waals surface area (Å²) in [4.78, 5) is 23.0. The molecule has 0 fully saturated rings. The molecule has 2 unspecified atom stereocenters. The molecule has 4 heteroatoms. The Labute approximate surface area is 98.1 Å². The summed E-state index contributed by atoms with van der Waals surface area (Å²) in [5.74, 6) is -0.323. The maximum Gasteiger partial charge on any atom is 0.241 e. The van der Waals surface area contributed by atoms with E-state index < -0.39 is 0 Å². The van der Waals surface area contributed by atoms with E-state index in [-0.39, 0.29) is 23.7 Å². The Hall–Kier alpha value is -1.06. The van der Waals surface area contributed by atoms with Crippen molar-refractivity contribution in [1.82, 2.24) is 10.9 Å². The summed E-state index contributed by atoms with van der Waals surface area (Å²) < 4.78 is 0. The number of nitrogens with one attached hydrogen (secondary N) is 2. The second-order valence-electron chi connectivity index (χ2n) is 4.36. The van der Waals surface area contributed by atoms with Crippen molar-refractivity contribution in [2.75, 3.05) is 0 Å². The van der Waals surface area contributed by atoms with Gasteiger partial charge in [0.2, 0.25) is 11.8 Å². The van der Waals surface area contributed by atoms with Crippen LogP contribution >= 0.6 is 0 Å². The Bertz CT molecular complexity index is 205. The molecule has 2 atom stereocenters. The first-order valence-corrected chi connectivity index (χ1v) is 6.12. The van der Waals surface area contributed by atoms with Gasteiger partial charge in [0.25, 0.3) is 0 Å². The molecular formula is C12H24N2O2. The van der Waals surface area contributed by atoms with Crippen molar-refractivity contribution in [2.24, 2.45) is 11.8 Å². The summed E-state index contributed by atoms with van der Waals surface area (Å²) in [5, 5.41) is 0. The lowest BCUT2D eigenvalue weighted by molar-refractivity contribution is -0.132. The summed E-state index contributed by atoms with van der Waals surface area (Å²) in [6.07, 6.45) is 3.61. The number of carbonyl (C=O) groups excluding carboxylic acids is 2. The quantitative estimate of drug-likeness (QED) is 0.683. The van der Waals surface area contributed by atoms with Crippen LogP contribution in [0, 0.1) is 11.8 Å². The third-order valence-electron chi connectivity index (χ3n) is 2.65. The molecule has 0 aliphatic rings. The van der Waals surface area contributed by atoms with Gasteiger partial charge in [-0.2, -0.15) is 0 Å². The van der Waals surface area contributed by atoms with Crippen LogP contribution in [0.25, 0.3) is 0 Å². The highest BCUT2D eigenvalue weighted by Gasteiger charge is 2.15. The molecule has 0 bridgehead atoms. The molecule has 0 radical (unpaired) electrons. The molecule has 2 amide bonds. The van der Waals surface area contributed by atoms with E-state index in [9.17, 15) is 9.59 Å². The summed E-state index contributed by atoms with van der Waals surface area (Å²) in [7, 11) is 0. The van der Waals surface area contributed by atoms with Gasteiger partial charge >= 0.3 is 0 Å². The van der Waals surface area contributed by atoms with Crippen LogP contribution in [0.1, 0.15) is 53.4 Å². The topological polar surface area (TPSA) is 58.2 Å². The van der Waals surface area contributed by atoms with Crippen molar-refractivity contribution < 1.29 is 9.59 Å². The molecule has 0 aromatic rings. The highest BCUT2D eigenvalue weighted by Crippen LogP contribution is 2.05. The molecule has 0 spiro atoms. The molecule has 4 nitrogen and oxygen atoms in total. The Balaban J connectivity index is 3.87. The fourth-order valence-electron chi connectivity index (χ4n) is 1.50. The molecule has 0 aromatic heterocycles. The fraction of sp³-hybridized carbons (Fsp3) is 0.833. The number of rotatable bonds is 6. The van der Waals surface area contributed by atoms with Gasteiger partial charge < -0.3 is 0 Å². The van der Waals surface area contributed by atoms with Crippen LogP contribution in [0.2, 0.25) is 0 Å². The van der Waals surface area contributed by atoms with E-state index in [0.29, 0.717) is 0 Å². The van der Waals surface area contributed by atoms with Gasteiger partial charge in [0, 0.05) is 11.8 Å². The molecule has 0 rings (SSSR count). The van der Waals surface area contributed by atoms with Crippen molar-refractivity contribution >= 4 is 11.8 Å². The largest absolute Gasteiger partial charge is 0.273 e. The number of carbonyl (C=O) groups is 2. The van der Waals surface area contributed by atoms with Crippen LogP contribution in [0.5, 0.6) is 0 Å². The van der Waals surface area contributed by atoms with E-state index in [1.807, 2.05) is 27.7 Å². The first kappa shape index (κ1) is 14.9. The molecule has 94 valence electrons. The minimum Gasteiger partial charge on any atom is -0.273 e. The SMILES string of the molecule is CCCC(C)C(=O)NNC(=O)C(C)CCC. The van der Waals surface area contributed by atoms with E-state index in [2.05, 4.69) is 10.9 Å². The van der Waals surface area contributed by atoms with E-state index in [0.717, 1.165) is 25.7 Å². The molecular weight excluding hydrogens is 204 g/mol. The predicted octanol–water partition coefficient (Wildman–Crippen LogP) is 2.01. The van der Waals surface area contributed by atoms with Gasteiger partial charge in [-0.1, -0.05) is 40.5 Å². The molecule has 0 heterocycles. The highest BCUT2D eigenvalue weighted by molar-refractivity contribution is 5.84. The number of hydrogen-bond donors (Lipinski definition) is 2. The van der Waals surface area contributed by atoms with Crippen LogP contribution in [-0.4, -0.2) is 11.8 Å². The molecule has 0 aliphatic heterocycles. The zero-order chi connectivity index (χ0) is 12.6. The predicted molar refractivity (Wildman–Crippen MR) is 64.4 cm³/mol. The molecule has 0 saturated heterocycles. The molecule has 2 N–H and O–H groups in total. The van der Waals surface area contributed by atoms with Crippen LogP contribution in [-0.2, 0) is 9.59 Å². The van der Waals surface area contributed by atoms with Gasteiger partial charge in [0.15, 0.2) is 0 Å². The monoisotopic (exact) mass is 228 g/mol. The van der Waals surface area contributed by atoms with E-state index >= 15 is 0 Å². The second kappa shape index (κ2) is 8.13. The van der Waals surface area contributed by atoms with Crippen LogP contribution in [0.15, 0.2) is 0 Å². The zero-order valence-electron chi connectivity index (χ0n) is 10.8. The summed E-state index contributed by atoms with van der Waals surface area (Å²) in [6, 6.07) is 0. The van der Waals surface area contributed by atoms with Gasteiger partial charge in [-0.15, -0.1) is 0 Å². The lowest BCUT2D eigenvalue weighted by Gasteiger charge is -2.14. The van der Waals surface area contributed by atoms with E-state index in [1.165, 1.54) is 0 Å². The van der Waals surface area contributed by atoms with Crippen molar-refractivity contribution in [3.05, 3.63) is 0 Å². The minimum atomic E-state index is -0.112. The maximum atomic E-state index is 11.5. The van der Waals surface area contributed by atoms with Crippen molar-refractivity contribution in [3.8, 4) is 0 Å². The standard InChI is InChI=1S/C12H24N2O2/c1-5-7-9(3)11(15)13-14-12(16)10(4)8-6-2/h9-10H,5-8H2,1-4H3,(H,13,15)(H,14,16). The normalized spacial score (nSPS) is 14.0. The minimum absolute atomic E-state index is 0.0493. The smallest absolute Gasteiger partial charge is 0.241 e. The Morgan fingerprint density at radius 3 is 1.44 bits per heavy atom. The highest BCUT2D eigenvalue weighted by atomic mass is 16.2. The van der Waals surface area contributed by atoms with Gasteiger partial charge in [-0.05, 0) is 12.8 Å². The zero-order valence-corrected chi connectivity index (χ0v) is 10.8. The Morgan fingerprint density at radius 1 is 0.875 bits per heavy atom. The van der Waals surface area contributed by atoms with Crippen molar-refractivity contribution in [2.45, 2.75) is 53.4 Å². The number of hydrogen-bond acceptors (Lipinski definition) is 2. The summed E-state index contributed by atoms with van der Waals surface area (Å²) in [6.45, 7) is 7.79. The van der Waals surface area contributed by atoms with Crippen LogP contribution < -0.4 is 10.9 Å². The first-order chi connectivity index (χ1) is 7.52. The second-order valence-corrected chi connectivity index (χ2v) is 4.36. The van der Waals surface area contributed by atoms with Gasteiger partial charge in [-0.3, -0.25) is 20.4 Å². The summed E-state index contributed by atoms with van der Waals surface area (Å²) in [5.41, 5.74) is 4.94. The van der Waals surface area contributed by atoms with Crippen molar-refractivity contribution in [1.29, 1.82) is 0 Å². The third kappa shape index (κ3) is 5.73. The Morgan fingerprint density at radius 2 is 1.19 bits per heavy atom. The molecule has 0 aromatic carbocycles. The van der Waals surface area contributed by atoms with E-state index in [1.54, 1.807) is 0 Å². The van der Waals surface area contributed by atoms with Gasteiger partial charge in [-0.25, -0.2) is 0 Å². The lowest BCUT2D eigenvalue weighted by atomic mass is 10.1.